The van der Waals surface area contributed by atoms with Crippen LogP contribution in [0, 0.1) is 23.2 Å². The van der Waals surface area contributed by atoms with Gasteiger partial charge in [-0.05, 0) is 62.5 Å². The van der Waals surface area contributed by atoms with Gasteiger partial charge in [0.1, 0.15) is 6.10 Å². The molecule has 1 heterocycles. The van der Waals surface area contributed by atoms with Crippen molar-refractivity contribution < 1.29 is 14.6 Å². The Balaban J connectivity index is 1.48. The maximum atomic E-state index is 12.9. The van der Waals surface area contributed by atoms with Gasteiger partial charge in [0.15, 0.2) is 0 Å². The number of benzene rings is 1. The molecular weight excluding hydrogens is 374 g/mol. The Hall–Kier alpha value is -1.65. The Morgan fingerprint density at radius 1 is 1.33 bits per heavy atom. The molecule has 1 aromatic rings. The number of hydrogen-bond donors (Lipinski definition) is 1. The first-order chi connectivity index (χ1) is 14.2. The van der Waals surface area contributed by atoms with Crippen molar-refractivity contribution in [2.45, 2.75) is 64.6 Å². The maximum absolute atomic E-state index is 12.9. The molecule has 0 bridgehead atoms. The van der Waals surface area contributed by atoms with E-state index in [1.165, 1.54) is 18.4 Å². The summed E-state index contributed by atoms with van der Waals surface area (Å²) in [6.45, 7) is 12.7. The van der Waals surface area contributed by atoms with E-state index in [0.717, 1.165) is 31.4 Å². The van der Waals surface area contributed by atoms with Gasteiger partial charge in [-0.3, -0.25) is 9.69 Å². The fourth-order valence-electron chi connectivity index (χ4n) is 6.37. The molecule has 164 valence electrons. The molecule has 2 saturated carbocycles. The van der Waals surface area contributed by atoms with E-state index in [4.69, 9.17) is 4.74 Å². The van der Waals surface area contributed by atoms with Gasteiger partial charge in [0, 0.05) is 19.0 Å². The smallest absolute Gasteiger partial charge is 0.310 e. The summed E-state index contributed by atoms with van der Waals surface area (Å²) >= 11 is 0. The van der Waals surface area contributed by atoms with Gasteiger partial charge in [-0.15, -0.1) is 0 Å². The van der Waals surface area contributed by atoms with Crippen LogP contribution in [-0.4, -0.2) is 41.7 Å². The number of rotatable bonds is 6. The molecule has 3 aliphatic rings. The van der Waals surface area contributed by atoms with Crippen molar-refractivity contribution in [3.8, 4) is 0 Å². The minimum Gasteiger partial charge on any atom is -0.462 e. The third kappa shape index (κ3) is 3.97. The molecule has 6 atom stereocenters. The molecule has 1 aromatic carbocycles. The Bertz CT molecular complexity index is 789. The lowest BCUT2D eigenvalue weighted by Crippen LogP contribution is -2.47. The second-order valence-electron chi connectivity index (χ2n) is 10.4. The van der Waals surface area contributed by atoms with Gasteiger partial charge in [0.2, 0.25) is 0 Å². The molecule has 2 aliphatic carbocycles. The Morgan fingerprint density at radius 2 is 2.07 bits per heavy atom. The Labute approximate surface area is 181 Å². The van der Waals surface area contributed by atoms with E-state index >= 15 is 0 Å². The maximum Gasteiger partial charge on any atom is 0.310 e. The highest BCUT2D eigenvalue weighted by atomic mass is 16.6. The van der Waals surface area contributed by atoms with Crippen LogP contribution in [0.15, 0.2) is 42.5 Å². The Morgan fingerprint density at radius 3 is 2.77 bits per heavy atom. The second-order valence-corrected chi connectivity index (χ2v) is 10.4. The summed E-state index contributed by atoms with van der Waals surface area (Å²) in [7, 11) is 0. The van der Waals surface area contributed by atoms with E-state index < -0.39 is 5.60 Å². The van der Waals surface area contributed by atoms with Crippen molar-refractivity contribution in [3.63, 3.8) is 0 Å². The molecule has 4 rings (SSSR count). The number of likely N-dealkylation sites (N-methyl/N-ethyl adjacent to an activating group) is 1. The number of carbonyl (C=O) groups excluding carboxylic acids is 1. The molecule has 30 heavy (non-hydrogen) atoms. The standard InChI is InChI=1S/C26H37NO3/c1-5-27(17-26(4,29)19-11-7-6-8-12-19)16-21-20-14-22-18(2)10-9-13-25(22,3)15-23(20)30-24(21)28/h6-8,11-12,20-23,29H,2,5,9-10,13-17H2,1,3-4H3/t20-,21-,22-,23-,25-,26+/m1/s1. The lowest BCUT2D eigenvalue weighted by atomic mass is 9.55. The van der Waals surface area contributed by atoms with E-state index in [1.54, 1.807) is 0 Å². The number of ether oxygens (including phenoxy) is 1. The van der Waals surface area contributed by atoms with E-state index in [-0.39, 0.29) is 29.3 Å². The zero-order valence-corrected chi connectivity index (χ0v) is 18.8. The number of aliphatic hydroxyl groups is 1. The van der Waals surface area contributed by atoms with Gasteiger partial charge >= 0.3 is 5.97 Å². The topological polar surface area (TPSA) is 49.8 Å². The quantitative estimate of drug-likeness (QED) is 0.552. The number of fused-ring (bicyclic) bond motifs is 2. The first kappa shape index (κ1) is 21.6. The summed E-state index contributed by atoms with van der Waals surface area (Å²) in [5.74, 6) is 0.615. The third-order valence-electron chi connectivity index (χ3n) is 8.15. The fourth-order valence-corrected chi connectivity index (χ4v) is 6.37. The highest BCUT2D eigenvalue weighted by Crippen LogP contribution is 2.56. The van der Waals surface area contributed by atoms with Crippen LogP contribution in [0.2, 0.25) is 0 Å². The van der Waals surface area contributed by atoms with Crippen LogP contribution in [0.5, 0.6) is 0 Å². The highest BCUT2D eigenvalue weighted by molar-refractivity contribution is 5.75. The average molecular weight is 412 g/mol. The third-order valence-corrected chi connectivity index (χ3v) is 8.15. The first-order valence-electron chi connectivity index (χ1n) is 11.6. The number of hydrogen-bond acceptors (Lipinski definition) is 4. The van der Waals surface area contributed by atoms with E-state index in [0.29, 0.717) is 19.0 Å². The summed E-state index contributed by atoms with van der Waals surface area (Å²) in [6, 6.07) is 9.79. The van der Waals surface area contributed by atoms with E-state index in [1.807, 2.05) is 37.3 Å². The molecule has 0 unspecified atom stereocenters. The van der Waals surface area contributed by atoms with Crippen LogP contribution >= 0.6 is 0 Å². The Kier molecular flexibility index (Phi) is 5.84. The van der Waals surface area contributed by atoms with Crippen LogP contribution < -0.4 is 0 Å². The minimum atomic E-state index is -0.956. The molecule has 0 aromatic heterocycles. The van der Waals surface area contributed by atoms with E-state index in [9.17, 15) is 9.90 Å². The van der Waals surface area contributed by atoms with Crippen LogP contribution in [0.25, 0.3) is 0 Å². The first-order valence-corrected chi connectivity index (χ1v) is 11.6. The molecule has 1 aliphatic heterocycles. The van der Waals surface area contributed by atoms with Crippen LogP contribution in [0.4, 0.5) is 0 Å². The molecule has 0 radical (unpaired) electrons. The van der Waals surface area contributed by atoms with E-state index in [2.05, 4.69) is 25.3 Å². The summed E-state index contributed by atoms with van der Waals surface area (Å²) in [6.07, 6.45) is 5.57. The molecule has 3 fully saturated rings. The SMILES string of the molecule is C=C1CCC[C@]2(C)C[C@H]3OC(=O)[C@H](CN(CC)C[C@](C)(O)c4ccccc4)[C@H]3C[C@H]12. The second kappa shape index (κ2) is 8.12. The lowest BCUT2D eigenvalue weighted by molar-refractivity contribution is -0.146. The van der Waals surface area contributed by atoms with Gasteiger partial charge < -0.3 is 9.84 Å². The summed E-state index contributed by atoms with van der Waals surface area (Å²) in [5.41, 5.74) is 1.55. The van der Waals surface area contributed by atoms with Gasteiger partial charge in [0.25, 0.3) is 0 Å². The molecule has 0 spiro atoms. The molecule has 0 amide bonds. The molecular formula is C26H37NO3. The number of nitrogens with zero attached hydrogens (tertiary/aromatic N) is 1. The van der Waals surface area contributed by atoms with Gasteiger partial charge in [-0.1, -0.05) is 56.3 Å². The molecule has 1 N–H and O–H groups in total. The monoisotopic (exact) mass is 411 g/mol. The highest BCUT2D eigenvalue weighted by Gasteiger charge is 2.55. The van der Waals surface area contributed by atoms with Crippen LogP contribution in [-0.2, 0) is 15.1 Å². The molecule has 4 heteroatoms. The predicted molar refractivity (Wildman–Crippen MR) is 119 cm³/mol. The van der Waals surface area contributed by atoms with Crippen molar-refractivity contribution in [3.05, 3.63) is 48.0 Å². The predicted octanol–water partition coefficient (Wildman–Crippen LogP) is 4.53. The average Bonchev–Trinajstić information content (AvgIpc) is 3.00. The van der Waals surface area contributed by atoms with Crippen molar-refractivity contribution >= 4 is 5.97 Å². The number of carbonyl (C=O) groups is 1. The largest absolute Gasteiger partial charge is 0.462 e. The van der Waals surface area contributed by atoms with Crippen molar-refractivity contribution in [1.82, 2.24) is 4.90 Å². The van der Waals surface area contributed by atoms with Crippen molar-refractivity contribution in [2.24, 2.45) is 23.2 Å². The fraction of sp³-hybridized carbons (Fsp3) is 0.654. The zero-order valence-electron chi connectivity index (χ0n) is 18.8. The number of esters is 1. The van der Waals surface area contributed by atoms with Gasteiger partial charge in [-0.2, -0.15) is 0 Å². The zero-order chi connectivity index (χ0) is 21.5. The lowest BCUT2D eigenvalue weighted by Gasteiger charge is -2.50. The summed E-state index contributed by atoms with van der Waals surface area (Å²) in [4.78, 5) is 15.1. The summed E-state index contributed by atoms with van der Waals surface area (Å²) in [5, 5.41) is 11.1. The minimum absolute atomic E-state index is 0.0444. The summed E-state index contributed by atoms with van der Waals surface area (Å²) < 4.78 is 5.93. The van der Waals surface area contributed by atoms with Gasteiger partial charge in [-0.25, -0.2) is 0 Å². The number of allylic oxidation sites excluding steroid dienone is 1. The van der Waals surface area contributed by atoms with Crippen molar-refractivity contribution in [1.29, 1.82) is 0 Å². The van der Waals surface area contributed by atoms with Crippen LogP contribution in [0.3, 0.4) is 0 Å². The van der Waals surface area contributed by atoms with Crippen molar-refractivity contribution in [2.75, 3.05) is 19.6 Å². The normalized spacial score (nSPS) is 35.5. The molecule has 4 nitrogen and oxygen atoms in total. The van der Waals surface area contributed by atoms with Crippen LogP contribution in [0.1, 0.15) is 58.4 Å². The van der Waals surface area contributed by atoms with Gasteiger partial charge in [0.05, 0.1) is 11.5 Å². The molecule has 1 saturated heterocycles.